The lowest BCUT2D eigenvalue weighted by Crippen LogP contribution is -2.43. The number of nitrogens with one attached hydrogen (secondary N) is 1. The summed E-state index contributed by atoms with van der Waals surface area (Å²) >= 11 is 0. The van der Waals surface area contributed by atoms with Gasteiger partial charge in [0.05, 0.1) is 11.8 Å². The summed E-state index contributed by atoms with van der Waals surface area (Å²) in [5.41, 5.74) is 4.36. The number of nitriles is 1. The number of piperazine rings is 1. The van der Waals surface area contributed by atoms with Gasteiger partial charge in [-0.15, -0.1) is 0 Å². The van der Waals surface area contributed by atoms with Crippen molar-refractivity contribution < 1.29 is 9.53 Å². The van der Waals surface area contributed by atoms with Crippen LogP contribution in [0.15, 0.2) is 42.5 Å². The normalized spacial score (nSPS) is 15.1. The van der Waals surface area contributed by atoms with Crippen molar-refractivity contribution in [3.8, 4) is 11.8 Å². The van der Waals surface area contributed by atoms with Gasteiger partial charge in [0.2, 0.25) is 5.91 Å². The summed E-state index contributed by atoms with van der Waals surface area (Å²) in [7, 11) is 0. The fraction of sp³-hybridized carbons (Fsp3) is 0.517. The molecular weight excluding hydrogens is 436 g/mol. The van der Waals surface area contributed by atoms with Gasteiger partial charge in [0.15, 0.2) is 0 Å². The molecule has 1 fully saturated rings. The van der Waals surface area contributed by atoms with Crippen LogP contribution in [0.25, 0.3) is 0 Å². The van der Waals surface area contributed by atoms with Crippen LogP contribution < -0.4 is 15.0 Å². The second-order valence-electron chi connectivity index (χ2n) is 9.46. The van der Waals surface area contributed by atoms with E-state index in [9.17, 15) is 10.1 Å². The monoisotopic (exact) mass is 476 g/mol. The standard InChI is InChI=1S/C15H21NO.C14H19N3O/c1-2-3-4-9-15(17)16-11-10-13-7-5-6-8-14(13)12-16;1-11(2)18-14-5-3-4-13(12(14)10-15)17-8-6-16-7-9-17/h5-8H,2-4,9-12H2,1H3;3-5,11,16H,6-9H2,1-2H3. The maximum absolute atomic E-state index is 12.0. The van der Waals surface area contributed by atoms with Gasteiger partial charge in [0, 0.05) is 45.7 Å². The van der Waals surface area contributed by atoms with Crippen molar-refractivity contribution in [3.63, 3.8) is 0 Å². The quantitative estimate of drug-likeness (QED) is 0.575. The second kappa shape index (κ2) is 13.7. The topological polar surface area (TPSA) is 68.6 Å². The Hall–Kier alpha value is -3.04. The van der Waals surface area contributed by atoms with E-state index in [1.807, 2.05) is 36.9 Å². The van der Waals surface area contributed by atoms with Gasteiger partial charge in [-0.05, 0) is 49.9 Å². The van der Waals surface area contributed by atoms with Gasteiger partial charge in [-0.25, -0.2) is 0 Å². The Bertz CT molecular complexity index is 992. The molecule has 0 radical (unpaired) electrons. The lowest BCUT2D eigenvalue weighted by atomic mass is 9.99. The van der Waals surface area contributed by atoms with Crippen molar-refractivity contribution in [2.75, 3.05) is 37.6 Å². The van der Waals surface area contributed by atoms with Crippen LogP contribution in [0, 0.1) is 11.3 Å². The molecule has 0 aliphatic carbocycles. The van der Waals surface area contributed by atoms with Gasteiger partial charge in [0.1, 0.15) is 17.4 Å². The molecule has 2 aromatic carbocycles. The molecule has 1 saturated heterocycles. The summed E-state index contributed by atoms with van der Waals surface area (Å²) < 4.78 is 5.70. The Balaban J connectivity index is 0.000000196. The van der Waals surface area contributed by atoms with E-state index in [2.05, 4.69) is 47.5 Å². The third-order valence-corrected chi connectivity index (χ3v) is 6.41. The highest BCUT2D eigenvalue weighted by Gasteiger charge is 2.20. The molecule has 0 atom stereocenters. The number of amides is 1. The van der Waals surface area contributed by atoms with Gasteiger partial charge in [-0.3, -0.25) is 4.79 Å². The van der Waals surface area contributed by atoms with Crippen LogP contribution in [0.2, 0.25) is 0 Å². The number of hydrogen-bond acceptors (Lipinski definition) is 5. The molecule has 35 heavy (non-hydrogen) atoms. The highest BCUT2D eigenvalue weighted by atomic mass is 16.5. The highest BCUT2D eigenvalue weighted by molar-refractivity contribution is 5.76. The fourth-order valence-corrected chi connectivity index (χ4v) is 4.55. The first-order chi connectivity index (χ1) is 17.0. The summed E-state index contributed by atoms with van der Waals surface area (Å²) in [5.74, 6) is 1.01. The molecule has 188 valence electrons. The number of fused-ring (bicyclic) bond motifs is 1. The number of carbonyl (C=O) groups excluding carboxylic acids is 1. The van der Waals surface area contributed by atoms with Crippen LogP contribution in [-0.4, -0.2) is 49.6 Å². The summed E-state index contributed by atoms with van der Waals surface area (Å²) in [6.45, 7) is 11.6. The van der Waals surface area contributed by atoms with Crippen molar-refractivity contribution in [1.29, 1.82) is 5.26 Å². The van der Waals surface area contributed by atoms with Gasteiger partial charge >= 0.3 is 0 Å². The summed E-state index contributed by atoms with van der Waals surface area (Å²) in [6.07, 6.45) is 5.18. The van der Waals surface area contributed by atoms with Crippen LogP contribution in [0.5, 0.6) is 5.75 Å². The smallest absolute Gasteiger partial charge is 0.222 e. The second-order valence-corrected chi connectivity index (χ2v) is 9.46. The van der Waals surface area contributed by atoms with E-state index < -0.39 is 0 Å². The molecular formula is C29H40N4O2. The molecule has 6 heteroatoms. The van der Waals surface area contributed by atoms with Crippen molar-refractivity contribution in [3.05, 3.63) is 59.2 Å². The Morgan fingerprint density at radius 1 is 1.06 bits per heavy atom. The minimum atomic E-state index is 0.0790. The Labute approximate surface area is 210 Å². The lowest BCUT2D eigenvalue weighted by Gasteiger charge is -2.30. The zero-order chi connectivity index (χ0) is 25.0. The van der Waals surface area contributed by atoms with E-state index in [0.29, 0.717) is 17.2 Å². The molecule has 2 aliphatic rings. The molecule has 2 aromatic rings. The first-order valence-electron chi connectivity index (χ1n) is 13.0. The van der Waals surface area contributed by atoms with E-state index in [-0.39, 0.29) is 6.10 Å². The van der Waals surface area contributed by atoms with E-state index >= 15 is 0 Å². The molecule has 0 aromatic heterocycles. The number of carbonyl (C=O) groups is 1. The van der Waals surface area contributed by atoms with E-state index in [0.717, 1.165) is 70.6 Å². The van der Waals surface area contributed by atoms with Crippen LogP contribution >= 0.6 is 0 Å². The summed E-state index contributed by atoms with van der Waals surface area (Å²) in [5, 5.41) is 12.7. The van der Waals surface area contributed by atoms with Crippen LogP contribution in [0.4, 0.5) is 5.69 Å². The Morgan fingerprint density at radius 3 is 2.49 bits per heavy atom. The number of rotatable bonds is 7. The number of nitrogens with zero attached hydrogens (tertiary/aromatic N) is 3. The number of ether oxygens (including phenoxy) is 1. The largest absolute Gasteiger partial charge is 0.490 e. The summed E-state index contributed by atoms with van der Waals surface area (Å²) in [6, 6.07) is 16.6. The summed E-state index contributed by atoms with van der Waals surface area (Å²) in [4.78, 5) is 16.3. The van der Waals surface area contributed by atoms with Gasteiger partial charge in [-0.1, -0.05) is 50.1 Å². The third-order valence-electron chi connectivity index (χ3n) is 6.41. The zero-order valence-electron chi connectivity index (χ0n) is 21.6. The SMILES string of the molecule is CC(C)Oc1cccc(N2CCNCC2)c1C#N.CCCCCC(=O)N1CCc2ccccc2C1. The molecule has 1 amide bonds. The van der Waals surface area contributed by atoms with Crippen molar-refractivity contribution in [1.82, 2.24) is 10.2 Å². The zero-order valence-corrected chi connectivity index (χ0v) is 21.6. The number of anilines is 1. The minimum absolute atomic E-state index is 0.0790. The minimum Gasteiger partial charge on any atom is -0.490 e. The van der Waals surface area contributed by atoms with Crippen LogP contribution in [0.1, 0.15) is 63.1 Å². The Morgan fingerprint density at radius 2 is 1.80 bits per heavy atom. The predicted octanol–water partition coefficient (Wildman–Crippen LogP) is 4.91. The molecule has 0 spiro atoms. The van der Waals surface area contributed by atoms with Gasteiger partial charge < -0.3 is 19.9 Å². The predicted molar refractivity (Wildman–Crippen MR) is 142 cm³/mol. The number of unbranched alkanes of at least 4 members (excludes halogenated alkanes) is 2. The van der Waals surface area contributed by atoms with E-state index in [1.54, 1.807) is 0 Å². The molecule has 1 N–H and O–H groups in total. The molecule has 0 saturated carbocycles. The van der Waals surface area contributed by atoms with Crippen molar-refractivity contribution in [2.24, 2.45) is 0 Å². The van der Waals surface area contributed by atoms with Gasteiger partial charge in [0.25, 0.3) is 0 Å². The maximum atomic E-state index is 12.0. The van der Waals surface area contributed by atoms with Gasteiger partial charge in [-0.2, -0.15) is 5.26 Å². The third kappa shape index (κ3) is 7.73. The molecule has 0 bridgehead atoms. The van der Waals surface area contributed by atoms with E-state index in [4.69, 9.17) is 4.74 Å². The Kier molecular flexibility index (Phi) is 10.4. The maximum Gasteiger partial charge on any atom is 0.222 e. The fourth-order valence-electron chi connectivity index (χ4n) is 4.55. The number of benzene rings is 2. The average Bonchev–Trinajstić information content (AvgIpc) is 2.89. The van der Waals surface area contributed by atoms with Crippen molar-refractivity contribution in [2.45, 2.75) is 65.5 Å². The first kappa shape index (κ1) is 26.6. The molecule has 6 nitrogen and oxygen atoms in total. The lowest BCUT2D eigenvalue weighted by molar-refractivity contribution is -0.132. The molecule has 2 heterocycles. The van der Waals surface area contributed by atoms with E-state index in [1.165, 1.54) is 17.5 Å². The molecule has 4 rings (SSSR count). The van der Waals surface area contributed by atoms with Crippen molar-refractivity contribution >= 4 is 11.6 Å². The molecule has 0 unspecified atom stereocenters. The van der Waals surface area contributed by atoms with Crippen LogP contribution in [-0.2, 0) is 17.8 Å². The number of hydrogen-bond donors (Lipinski definition) is 1. The first-order valence-corrected chi connectivity index (χ1v) is 13.0. The van der Waals surface area contributed by atoms with Crippen LogP contribution in [0.3, 0.4) is 0 Å². The highest BCUT2D eigenvalue weighted by Crippen LogP contribution is 2.29. The average molecular weight is 477 g/mol. The molecule has 2 aliphatic heterocycles.